The first-order valence-electron chi connectivity index (χ1n) is 11.7. The van der Waals surface area contributed by atoms with Crippen molar-refractivity contribution < 1.29 is 33.4 Å². The third kappa shape index (κ3) is 5.33. The Morgan fingerprint density at radius 2 is 1.32 bits per heavy atom. The molecule has 1 atom stereocenters. The highest BCUT2D eigenvalue weighted by molar-refractivity contribution is 6.22. The lowest BCUT2D eigenvalue weighted by atomic mass is 10.0. The van der Waals surface area contributed by atoms with Crippen LogP contribution in [0.1, 0.15) is 60.8 Å². The second-order valence-corrected chi connectivity index (χ2v) is 9.03. The number of imide groups is 1. The Morgan fingerprint density at radius 3 is 1.86 bits per heavy atom. The molecule has 3 aromatic carbocycles. The van der Waals surface area contributed by atoms with Crippen molar-refractivity contribution in [1.29, 1.82) is 0 Å². The van der Waals surface area contributed by atoms with Crippen molar-refractivity contribution in [2.45, 2.75) is 26.8 Å². The zero-order valence-electron chi connectivity index (χ0n) is 20.6. The summed E-state index contributed by atoms with van der Waals surface area (Å²) in [5.74, 6) is -3.19. The number of benzene rings is 3. The minimum absolute atomic E-state index is 0.227. The number of aryl methyl sites for hydroxylation is 1. The van der Waals surface area contributed by atoms with Gasteiger partial charge in [0.25, 0.3) is 11.8 Å². The quantitative estimate of drug-likeness (QED) is 0.197. The van der Waals surface area contributed by atoms with Gasteiger partial charge >= 0.3 is 11.9 Å². The molecule has 1 aliphatic rings. The number of carbonyl (C=O) groups excluding carboxylic acids is 5. The van der Waals surface area contributed by atoms with E-state index in [2.05, 4.69) is 0 Å². The Hall–Kier alpha value is -4.59. The molecule has 8 heteroatoms. The summed E-state index contributed by atoms with van der Waals surface area (Å²) >= 11 is 0. The topological polar surface area (TPSA) is 107 Å². The zero-order chi connectivity index (χ0) is 26.7. The summed E-state index contributed by atoms with van der Waals surface area (Å²) in [5, 5.41) is 0. The first kappa shape index (κ1) is 25.5. The SMILES string of the molecule is Cc1ccc(C(=O)Oc2ccc(C(=O)COC(=O)[C@H](C(C)C)N3C(=O)c4ccccc4C3=O)cc2)cc1. The lowest BCUT2D eigenvalue weighted by molar-refractivity contribution is -0.148. The number of hydrogen-bond donors (Lipinski definition) is 0. The third-order valence-electron chi connectivity index (χ3n) is 6.00. The number of hydrogen-bond acceptors (Lipinski definition) is 7. The third-order valence-corrected chi connectivity index (χ3v) is 6.00. The van der Waals surface area contributed by atoms with Crippen LogP contribution in [0.3, 0.4) is 0 Å². The Morgan fingerprint density at radius 1 is 0.784 bits per heavy atom. The Balaban J connectivity index is 1.38. The standard InChI is InChI=1S/C29H25NO7/c1-17(2)25(30-26(32)22-6-4-5-7-23(22)27(30)33)29(35)36-16-24(31)19-12-14-21(15-13-19)37-28(34)20-10-8-18(3)9-11-20/h4-15,17,25H,16H2,1-3H3/t25-/m0/s1. The van der Waals surface area contributed by atoms with Crippen LogP contribution < -0.4 is 4.74 Å². The molecule has 1 heterocycles. The maximum absolute atomic E-state index is 12.9. The van der Waals surface area contributed by atoms with Crippen molar-refractivity contribution in [3.8, 4) is 5.75 Å². The first-order valence-corrected chi connectivity index (χ1v) is 11.7. The molecule has 0 aliphatic carbocycles. The molecule has 1 aliphatic heterocycles. The van der Waals surface area contributed by atoms with E-state index in [1.165, 1.54) is 36.4 Å². The van der Waals surface area contributed by atoms with Crippen LogP contribution in [0.2, 0.25) is 0 Å². The van der Waals surface area contributed by atoms with Crippen molar-refractivity contribution in [3.05, 3.63) is 101 Å². The van der Waals surface area contributed by atoms with Gasteiger partial charge < -0.3 is 9.47 Å². The van der Waals surface area contributed by atoms with Gasteiger partial charge in [0.15, 0.2) is 12.4 Å². The van der Waals surface area contributed by atoms with Gasteiger partial charge in [-0.2, -0.15) is 0 Å². The predicted octanol–water partition coefficient (Wildman–Crippen LogP) is 4.26. The van der Waals surface area contributed by atoms with Crippen LogP contribution in [-0.4, -0.2) is 47.1 Å². The highest BCUT2D eigenvalue weighted by atomic mass is 16.5. The average molecular weight is 500 g/mol. The molecule has 2 amide bonds. The number of carbonyl (C=O) groups is 5. The van der Waals surface area contributed by atoms with Crippen LogP contribution in [-0.2, 0) is 9.53 Å². The Kier molecular flexibility index (Phi) is 7.29. The number of Topliss-reactive ketones (excluding diaryl/α,β-unsaturated/α-hetero) is 1. The van der Waals surface area contributed by atoms with Crippen molar-refractivity contribution >= 4 is 29.5 Å². The molecular formula is C29H25NO7. The van der Waals surface area contributed by atoms with E-state index in [9.17, 15) is 24.0 Å². The van der Waals surface area contributed by atoms with Gasteiger partial charge in [-0.1, -0.05) is 43.7 Å². The van der Waals surface area contributed by atoms with Crippen LogP contribution in [0.15, 0.2) is 72.8 Å². The van der Waals surface area contributed by atoms with Crippen LogP contribution in [0, 0.1) is 12.8 Å². The fourth-order valence-corrected chi connectivity index (χ4v) is 4.01. The lowest BCUT2D eigenvalue weighted by Crippen LogP contribution is -2.49. The molecule has 0 bridgehead atoms. The van der Waals surface area contributed by atoms with Gasteiger partial charge in [0.05, 0.1) is 16.7 Å². The van der Waals surface area contributed by atoms with E-state index in [0.29, 0.717) is 5.56 Å². The van der Waals surface area contributed by atoms with Crippen LogP contribution in [0.25, 0.3) is 0 Å². The molecule has 0 saturated carbocycles. The normalized spacial score (nSPS) is 13.4. The monoisotopic (exact) mass is 499 g/mol. The Bertz CT molecular complexity index is 1340. The lowest BCUT2D eigenvalue weighted by Gasteiger charge is -2.27. The van der Waals surface area contributed by atoms with E-state index in [1.807, 2.05) is 6.92 Å². The number of amides is 2. The van der Waals surface area contributed by atoms with Gasteiger partial charge in [0, 0.05) is 5.56 Å². The van der Waals surface area contributed by atoms with E-state index in [0.717, 1.165) is 10.5 Å². The average Bonchev–Trinajstić information content (AvgIpc) is 3.13. The van der Waals surface area contributed by atoms with Gasteiger partial charge in [-0.15, -0.1) is 0 Å². The summed E-state index contributed by atoms with van der Waals surface area (Å²) in [6, 6.07) is 18.0. The second kappa shape index (κ2) is 10.6. The van der Waals surface area contributed by atoms with Crippen LogP contribution in [0.4, 0.5) is 0 Å². The van der Waals surface area contributed by atoms with Gasteiger partial charge in [-0.25, -0.2) is 9.59 Å². The molecular weight excluding hydrogens is 474 g/mol. The van der Waals surface area contributed by atoms with Gasteiger partial charge in [0.1, 0.15) is 11.8 Å². The summed E-state index contributed by atoms with van der Waals surface area (Å²) in [6.07, 6.45) is 0. The molecule has 3 aromatic rings. The molecule has 8 nitrogen and oxygen atoms in total. The molecule has 4 rings (SSSR count). The zero-order valence-corrected chi connectivity index (χ0v) is 20.6. The summed E-state index contributed by atoms with van der Waals surface area (Å²) in [5.41, 5.74) is 2.11. The summed E-state index contributed by atoms with van der Waals surface area (Å²) < 4.78 is 10.6. The van der Waals surface area contributed by atoms with E-state index in [-0.39, 0.29) is 22.4 Å². The molecule has 188 valence electrons. The minimum atomic E-state index is -1.18. The fourth-order valence-electron chi connectivity index (χ4n) is 4.01. The minimum Gasteiger partial charge on any atom is -0.456 e. The van der Waals surface area contributed by atoms with Crippen molar-refractivity contribution in [1.82, 2.24) is 4.90 Å². The predicted molar refractivity (Wildman–Crippen MR) is 133 cm³/mol. The molecule has 0 N–H and O–H groups in total. The molecule has 0 saturated heterocycles. The Labute approximate surface area is 213 Å². The van der Waals surface area contributed by atoms with E-state index >= 15 is 0 Å². The number of ether oxygens (including phenoxy) is 2. The summed E-state index contributed by atoms with van der Waals surface area (Å²) in [4.78, 5) is 64.3. The largest absolute Gasteiger partial charge is 0.456 e. The van der Waals surface area contributed by atoms with Gasteiger partial charge in [0.2, 0.25) is 0 Å². The first-order chi connectivity index (χ1) is 17.7. The number of fused-ring (bicyclic) bond motifs is 1. The number of nitrogens with zero attached hydrogens (tertiary/aromatic N) is 1. The van der Waals surface area contributed by atoms with Crippen LogP contribution >= 0.6 is 0 Å². The van der Waals surface area contributed by atoms with Crippen molar-refractivity contribution in [2.24, 2.45) is 5.92 Å². The number of ketones is 1. The molecule has 0 aromatic heterocycles. The van der Waals surface area contributed by atoms with Gasteiger partial charge in [-0.05, 0) is 61.4 Å². The smallest absolute Gasteiger partial charge is 0.343 e. The van der Waals surface area contributed by atoms with E-state index in [1.54, 1.807) is 50.2 Å². The fraction of sp³-hybridized carbons (Fsp3) is 0.207. The van der Waals surface area contributed by atoms with Crippen LogP contribution in [0.5, 0.6) is 5.75 Å². The van der Waals surface area contributed by atoms with Gasteiger partial charge in [-0.3, -0.25) is 19.3 Å². The van der Waals surface area contributed by atoms with Crippen molar-refractivity contribution in [2.75, 3.05) is 6.61 Å². The molecule has 0 unspecified atom stereocenters. The molecule has 0 fully saturated rings. The molecule has 0 radical (unpaired) electrons. The molecule has 0 spiro atoms. The number of esters is 2. The highest BCUT2D eigenvalue weighted by Gasteiger charge is 2.44. The second-order valence-electron chi connectivity index (χ2n) is 9.03. The highest BCUT2D eigenvalue weighted by Crippen LogP contribution is 2.27. The summed E-state index contributed by atoms with van der Waals surface area (Å²) in [6.45, 7) is 4.71. The summed E-state index contributed by atoms with van der Waals surface area (Å²) in [7, 11) is 0. The van der Waals surface area contributed by atoms with E-state index in [4.69, 9.17) is 9.47 Å². The maximum Gasteiger partial charge on any atom is 0.343 e. The number of rotatable bonds is 8. The van der Waals surface area contributed by atoms with Crippen molar-refractivity contribution in [3.63, 3.8) is 0 Å². The van der Waals surface area contributed by atoms with E-state index < -0.39 is 48.1 Å². The molecule has 37 heavy (non-hydrogen) atoms. The maximum atomic E-state index is 12.9.